The third-order valence-corrected chi connectivity index (χ3v) is 4.66. The van der Waals surface area contributed by atoms with Gasteiger partial charge in [0.05, 0.1) is 19.4 Å². The van der Waals surface area contributed by atoms with Crippen molar-refractivity contribution in [3.05, 3.63) is 47.7 Å². The third kappa shape index (κ3) is 2.44. The molecule has 3 aliphatic heterocycles. The van der Waals surface area contributed by atoms with Crippen molar-refractivity contribution in [2.45, 2.75) is 12.0 Å². The SMILES string of the molecule is CN1CC2(CCN(C(=O)C3=Cc4ccccc4OC=C3)C2)OC1=O. The van der Waals surface area contributed by atoms with E-state index < -0.39 is 5.60 Å². The number of hydrogen-bond acceptors (Lipinski definition) is 4. The van der Waals surface area contributed by atoms with Crippen molar-refractivity contribution in [2.24, 2.45) is 0 Å². The van der Waals surface area contributed by atoms with Gasteiger partial charge in [-0.05, 0) is 18.2 Å². The molecule has 124 valence electrons. The molecule has 0 aliphatic carbocycles. The first kappa shape index (κ1) is 14.8. The van der Waals surface area contributed by atoms with Gasteiger partial charge in [-0.3, -0.25) is 4.79 Å². The van der Waals surface area contributed by atoms with Crippen LogP contribution in [0.15, 0.2) is 42.2 Å². The Kier molecular flexibility index (Phi) is 3.33. The van der Waals surface area contributed by atoms with Crippen LogP contribution in [0, 0.1) is 0 Å². The summed E-state index contributed by atoms with van der Waals surface area (Å²) in [5.74, 6) is 0.648. The fourth-order valence-corrected chi connectivity index (χ4v) is 3.44. The van der Waals surface area contributed by atoms with E-state index in [0.717, 1.165) is 11.3 Å². The van der Waals surface area contributed by atoms with E-state index in [1.807, 2.05) is 30.3 Å². The molecule has 3 heterocycles. The predicted octanol–water partition coefficient (Wildman–Crippen LogP) is 2.03. The lowest BCUT2D eigenvalue weighted by Crippen LogP contribution is -2.39. The quantitative estimate of drug-likeness (QED) is 0.792. The summed E-state index contributed by atoms with van der Waals surface area (Å²) < 4.78 is 11.0. The highest BCUT2D eigenvalue weighted by molar-refractivity contribution is 6.01. The summed E-state index contributed by atoms with van der Waals surface area (Å²) in [5.41, 5.74) is 0.867. The van der Waals surface area contributed by atoms with Crippen LogP contribution in [0.5, 0.6) is 5.75 Å². The number of benzene rings is 1. The molecule has 1 aromatic rings. The summed E-state index contributed by atoms with van der Waals surface area (Å²) >= 11 is 0. The molecule has 6 nitrogen and oxygen atoms in total. The Bertz CT molecular complexity index is 770. The van der Waals surface area contributed by atoms with E-state index in [-0.39, 0.29) is 12.0 Å². The monoisotopic (exact) mass is 326 g/mol. The predicted molar refractivity (Wildman–Crippen MR) is 87.2 cm³/mol. The molecule has 1 atom stereocenters. The zero-order valence-corrected chi connectivity index (χ0v) is 13.4. The maximum Gasteiger partial charge on any atom is 0.410 e. The van der Waals surface area contributed by atoms with E-state index in [0.29, 0.717) is 31.6 Å². The minimum Gasteiger partial charge on any atom is -0.464 e. The van der Waals surface area contributed by atoms with Gasteiger partial charge in [0.1, 0.15) is 5.75 Å². The van der Waals surface area contributed by atoms with Gasteiger partial charge in [-0.25, -0.2) is 4.79 Å². The molecule has 0 aromatic heterocycles. The van der Waals surface area contributed by atoms with Gasteiger partial charge in [-0.1, -0.05) is 18.2 Å². The standard InChI is InChI=1S/C18H18N2O4/c1-19-11-18(24-17(19)22)7-8-20(12-18)16(21)14-6-9-23-15-5-3-2-4-13(15)10-14/h2-6,9-10H,7-8,11-12H2,1H3. The van der Waals surface area contributed by atoms with Crippen LogP contribution < -0.4 is 4.74 Å². The van der Waals surface area contributed by atoms with Crippen molar-refractivity contribution in [3.63, 3.8) is 0 Å². The Morgan fingerprint density at radius 3 is 2.88 bits per heavy atom. The second kappa shape index (κ2) is 5.40. The fourth-order valence-electron chi connectivity index (χ4n) is 3.44. The largest absolute Gasteiger partial charge is 0.464 e. The van der Waals surface area contributed by atoms with Crippen molar-refractivity contribution in [1.82, 2.24) is 9.80 Å². The molecule has 0 radical (unpaired) electrons. The van der Waals surface area contributed by atoms with Crippen molar-refractivity contribution < 1.29 is 19.1 Å². The van der Waals surface area contributed by atoms with Crippen LogP contribution in [-0.4, -0.2) is 54.1 Å². The Morgan fingerprint density at radius 2 is 2.08 bits per heavy atom. The number of nitrogens with zero attached hydrogens (tertiary/aromatic N) is 2. The number of carbonyl (C=O) groups excluding carboxylic acids is 2. The number of fused-ring (bicyclic) bond motifs is 1. The van der Waals surface area contributed by atoms with Crippen LogP contribution in [0.4, 0.5) is 4.79 Å². The normalized spacial score (nSPS) is 25.2. The lowest BCUT2D eigenvalue weighted by molar-refractivity contribution is -0.126. The van der Waals surface area contributed by atoms with E-state index in [1.165, 1.54) is 6.26 Å². The molecule has 0 N–H and O–H groups in total. The van der Waals surface area contributed by atoms with Crippen molar-refractivity contribution in [3.8, 4) is 5.75 Å². The van der Waals surface area contributed by atoms with Crippen molar-refractivity contribution in [2.75, 3.05) is 26.7 Å². The topological polar surface area (TPSA) is 59.1 Å². The second-order valence-corrected chi connectivity index (χ2v) is 6.44. The molecule has 3 aliphatic rings. The van der Waals surface area contributed by atoms with E-state index in [9.17, 15) is 9.59 Å². The molecule has 1 unspecified atom stereocenters. The number of carbonyl (C=O) groups is 2. The van der Waals surface area contributed by atoms with Crippen molar-refractivity contribution >= 4 is 18.1 Å². The molecule has 0 saturated carbocycles. The van der Waals surface area contributed by atoms with Gasteiger partial charge in [-0.15, -0.1) is 0 Å². The first-order valence-electron chi connectivity index (χ1n) is 7.94. The average molecular weight is 326 g/mol. The highest BCUT2D eigenvalue weighted by atomic mass is 16.6. The van der Waals surface area contributed by atoms with Gasteiger partial charge in [0.2, 0.25) is 0 Å². The zero-order valence-electron chi connectivity index (χ0n) is 13.4. The molecule has 4 rings (SSSR count). The van der Waals surface area contributed by atoms with Crippen LogP contribution in [0.25, 0.3) is 6.08 Å². The van der Waals surface area contributed by atoms with Gasteiger partial charge in [-0.2, -0.15) is 0 Å². The summed E-state index contributed by atoms with van der Waals surface area (Å²) in [6, 6.07) is 7.57. The molecule has 2 saturated heterocycles. The minimum atomic E-state index is -0.565. The maximum absolute atomic E-state index is 12.9. The molecule has 1 aromatic carbocycles. The molecule has 6 heteroatoms. The second-order valence-electron chi connectivity index (χ2n) is 6.44. The zero-order chi connectivity index (χ0) is 16.7. The first-order valence-corrected chi connectivity index (χ1v) is 7.94. The number of likely N-dealkylation sites (tertiary alicyclic amines) is 1. The van der Waals surface area contributed by atoms with Gasteiger partial charge in [0.25, 0.3) is 5.91 Å². The van der Waals surface area contributed by atoms with Crippen LogP contribution in [0.3, 0.4) is 0 Å². The summed E-state index contributed by atoms with van der Waals surface area (Å²) in [5, 5.41) is 0. The Labute approximate surface area is 139 Å². The Hall–Kier alpha value is -2.76. The lowest BCUT2D eigenvalue weighted by atomic mass is 10.0. The number of rotatable bonds is 1. The number of para-hydroxylation sites is 1. The molecule has 2 fully saturated rings. The molecular formula is C18H18N2O4. The summed E-state index contributed by atoms with van der Waals surface area (Å²) in [7, 11) is 1.71. The first-order chi connectivity index (χ1) is 11.6. The molecule has 24 heavy (non-hydrogen) atoms. The average Bonchev–Trinajstić information content (AvgIpc) is 3.00. The fraction of sp³-hybridized carbons (Fsp3) is 0.333. The lowest BCUT2D eigenvalue weighted by Gasteiger charge is -2.22. The van der Waals surface area contributed by atoms with E-state index in [2.05, 4.69) is 0 Å². The number of amides is 2. The summed E-state index contributed by atoms with van der Waals surface area (Å²) in [6.07, 6.45) is 5.39. The van der Waals surface area contributed by atoms with Gasteiger partial charge < -0.3 is 19.3 Å². The molecule has 0 bridgehead atoms. The Balaban J connectivity index is 1.55. The highest BCUT2D eigenvalue weighted by Gasteiger charge is 2.49. The molecular weight excluding hydrogens is 308 g/mol. The number of ether oxygens (including phenoxy) is 2. The van der Waals surface area contributed by atoms with E-state index in [1.54, 1.807) is 22.9 Å². The maximum atomic E-state index is 12.9. The third-order valence-electron chi connectivity index (χ3n) is 4.66. The Morgan fingerprint density at radius 1 is 1.25 bits per heavy atom. The number of hydrogen-bond donors (Lipinski definition) is 0. The van der Waals surface area contributed by atoms with E-state index in [4.69, 9.17) is 9.47 Å². The molecule has 1 spiro atoms. The van der Waals surface area contributed by atoms with Gasteiger partial charge in [0.15, 0.2) is 5.60 Å². The highest BCUT2D eigenvalue weighted by Crippen LogP contribution is 2.33. The van der Waals surface area contributed by atoms with Crippen LogP contribution in [0.2, 0.25) is 0 Å². The van der Waals surface area contributed by atoms with Crippen LogP contribution in [0.1, 0.15) is 12.0 Å². The van der Waals surface area contributed by atoms with Gasteiger partial charge in [0, 0.05) is 31.1 Å². The summed E-state index contributed by atoms with van der Waals surface area (Å²) in [6.45, 7) is 1.53. The van der Waals surface area contributed by atoms with E-state index >= 15 is 0 Å². The van der Waals surface area contributed by atoms with Crippen molar-refractivity contribution in [1.29, 1.82) is 0 Å². The summed E-state index contributed by atoms with van der Waals surface area (Å²) in [4.78, 5) is 27.8. The molecule has 2 amide bonds. The van der Waals surface area contributed by atoms with Crippen LogP contribution >= 0.6 is 0 Å². The smallest absolute Gasteiger partial charge is 0.410 e. The minimum absolute atomic E-state index is 0.0750. The number of likely N-dealkylation sites (N-methyl/N-ethyl adjacent to an activating group) is 1. The van der Waals surface area contributed by atoms with Crippen LogP contribution in [-0.2, 0) is 9.53 Å². The van der Waals surface area contributed by atoms with Gasteiger partial charge >= 0.3 is 6.09 Å².